The summed E-state index contributed by atoms with van der Waals surface area (Å²) in [6.07, 6.45) is 0.799. The Morgan fingerprint density at radius 3 is 2.55 bits per heavy atom. The summed E-state index contributed by atoms with van der Waals surface area (Å²) in [5, 5.41) is 15.2. The molecule has 0 saturated heterocycles. The van der Waals surface area contributed by atoms with Gasteiger partial charge in [0.05, 0.1) is 12.1 Å². The molecule has 0 radical (unpaired) electrons. The summed E-state index contributed by atoms with van der Waals surface area (Å²) in [5.74, 6) is 0.392. The van der Waals surface area contributed by atoms with Crippen molar-refractivity contribution in [3.05, 3.63) is 71.5 Å². The molecule has 1 N–H and O–H groups in total. The number of hydrogen-bond donors (Lipinski definition) is 1. The van der Waals surface area contributed by atoms with Crippen LogP contribution in [0.5, 0.6) is 0 Å². The van der Waals surface area contributed by atoms with E-state index in [0.29, 0.717) is 5.95 Å². The number of rotatable bonds is 2. The smallest absolute Gasteiger partial charge is 0.243 e. The summed E-state index contributed by atoms with van der Waals surface area (Å²) >= 11 is 0. The minimum absolute atomic E-state index is 0.0166. The second kappa shape index (κ2) is 5.22. The average molecular weight is 295 g/mol. The Morgan fingerprint density at radius 1 is 1.00 bits per heavy atom. The molecular formula is C16H14FN5. The van der Waals surface area contributed by atoms with E-state index in [0.717, 1.165) is 12.0 Å². The molecule has 0 saturated carbocycles. The first-order chi connectivity index (χ1) is 10.8. The van der Waals surface area contributed by atoms with Crippen molar-refractivity contribution in [2.24, 2.45) is 0 Å². The zero-order valence-corrected chi connectivity index (χ0v) is 11.7. The van der Waals surface area contributed by atoms with Crippen LogP contribution < -0.4 is 5.32 Å². The first kappa shape index (κ1) is 12.9. The zero-order chi connectivity index (χ0) is 14.9. The van der Waals surface area contributed by atoms with E-state index < -0.39 is 0 Å². The van der Waals surface area contributed by atoms with Gasteiger partial charge in [-0.3, -0.25) is 0 Å². The van der Waals surface area contributed by atoms with Gasteiger partial charge in [0.15, 0.2) is 0 Å². The lowest BCUT2D eigenvalue weighted by Crippen LogP contribution is -2.28. The van der Waals surface area contributed by atoms with E-state index >= 15 is 0 Å². The number of hydrogen-bond acceptors (Lipinski definition) is 4. The van der Waals surface area contributed by atoms with Crippen molar-refractivity contribution in [3.8, 4) is 0 Å². The van der Waals surface area contributed by atoms with E-state index in [2.05, 4.69) is 33.0 Å². The highest BCUT2D eigenvalue weighted by Gasteiger charge is 2.30. The predicted octanol–water partition coefficient (Wildman–Crippen LogP) is 2.96. The molecule has 5 nitrogen and oxygen atoms in total. The van der Waals surface area contributed by atoms with E-state index in [4.69, 9.17) is 0 Å². The molecule has 0 amide bonds. The van der Waals surface area contributed by atoms with Gasteiger partial charge < -0.3 is 5.32 Å². The van der Waals surface area contributed by atoms with E-state index in [1.807, 2.05) is 18.2 Å². The van der Waals surface area contributed by atoms with Crippen molar-refractivity contribution in [3.63, 3.8) is 0 Å². The van der Waals surface area contributed by atoms with Crippen LogP contribution >= 0.6 is 0 Å². The first-order valence-corrected chi connectivity index (χ1v) is 7.16. The first-order valence-electron chi connectivity index (χ1n) is 7.16. The molecule has 1 aromatic heterocycles. The molecule has 1 aliphatic heterocycles. The Bertz CT molecular complexity index is 769. The van der Waals surface area contributed by atoms with Crippen molar-refractivity contribution in [2.45, 2.75) is 18.5 Å². The number of halogens is 1. The third-order valence-electron chi connectivity index (χ3n) is 4.01. The van der Waals surface area contributed by atoms with Gasteiger partial charge in [-0.05, 0) is 40.1 Å². The van der Waals surface area contributed by atoms with Crippen molar-refractivity contribution in [1.82, 2.24) is 20.2 Å². The number of benzene rings is 2. The van der Waals surface area contributed by atoms with Crippen LogP contribution in [0.3, 0.4) is 0 Å². The summed E-state index contributed by atoms with van der Waals surface area (Å²) < 4.78 is 14.9. The van der Waals surface area contributed by atoms with Crippen LogP contribution in [0.25, 0.3) is 0 Å². The van der Waals surface area contributed by atoms with Gasteiger partial charge in [-0.25, -0.2) is 9.07 Å². The Kier molecular flexibility index (Phi) is 3.07. The molecule has 1 aliphatic rings. The molecule has 2 aromatic carbocycles. The molecule has 2 heterocycles. The summed E-state index contributed by atoms with van der Waals surface area (Å²) in [4.78, 5) is 0. The minimum Gasteiger partial charge on any atom is -0.346 e. The summed E-state index contributed by atoms with van der Waals surface area (Å²) in [7, 11) is 0. The van der Waals surface area contributed by atoms with Gasteiger partial charge in [-0.15, -0.1) is 0 Å². The molecule has 3 aromatic rings. The monoisotopic (exact) mass is 295 g/mol. The number of anilines is 1. The van der Waals surface area contributed by atoms with E-state index in [9.17, 15) is 4.39 Å². The Labute approximate surface area is 126 Å². The third kappa shape index (κ3) is 2.22. The van der Waals surface area contributed by atoms with Crippen LogP contribution in [0.2, 0.25) is 0 Å². The molecule has 0 spiro atoms. The third-order valence-corrected chi connectivity index (χ3v) is 4.01. The topological polar surface area (TPSA) is 55.6 Å². The van der Waals surface area contributed by atoms with Gasteiger partial charge in [-0.1, -0.05) is 47.6 Å². The summed E-state index contributed by atoms with van der Waals surface area (Å²) in [5.41, 5.74) is 2.18. The van der Waals surface area contributed by atoms with Crippen molar-refractivity contribution in [2.75, 3.05) is 5.32 Å². The number of fused-ring (bicyclic) bond motifs is 1. The van der Waals surface area contributed by atoms with Crippen LogP contribution in [0.4, 0.5) is 10.3 Å². The Balaban J connectivity index is 1.73. The fourth-order valence-corrected chi connectivity index (χ4v) is 2.90. The molecule has 4 rings (SSSR count). The predicted molar refractivity (Wildman–Crippen MR) is 79.8 cm³/mol. The Morgan fingerprint density at radius 2 is 1.77 bits per heavy atom. The van der Waals surface area contributed by atoms with Gasteiger partial charge in [-0.2, -0.15) is 0 Å². The lowest BCUT2D eigenvalue weighted by atomic mass is 9.93. The molecule has 0 fully saturated rings. The maximum Gasteiger partial charge on any atom is 0.243 e. The normalized spacial score (nSPS) is 20.2. The maximum atomic E-state index is 13.2. The standard InChI is InChI=1S/C16H14FN5/c17-13-8-6-12(7-9-13)15-10-14(11-4-2-1-3-5-11)18-16-19-20-21-22(15)16/h1-9,14-15H,10H2,(H,18,19,21)/t14-,15+/m0/s1. The lowest BCUT2D eigenvalue weighted by molar-refractivity contribution is 0.423. The van der Waals surface area contributed by atoms with Crippen LogP contribution in [0.15, 0.2) is 54.6 Å². The molecule has 0 aliphatic carbocycles. The minimum atomic E-state index is -0.241. The van der Waals surface area contributed by atoms with Crippen molar-refractivity contribution < 1.29 is 4.39 Å². The molecule has 22 heavy (non-hydrogen) atoms. The fraction of sp³-hybridized carbons (Fsp3) is 0.188. The van der Waals surface area contributed by atoms with E-state index in [1.165, 1.54) is 17.7 Å². The van der Waals surface area contributed by atoms with Crippen LogP contribution in [-0.2, 0) is 0 Å². The zero-order valence-electron chi connectivity index (χ0n) is 11.7. The number of aromatic nitrogens is 4. The van der Waals surface area contributed by atoms with Gasteiger partial charge in [0.2, 0.25) is 5.95 Å². The van der Waals surface area contributed by atoms with Gasteiger partial charge in [0, 0.05) is 0 Å². The highest BCUT2D eigenvalue weighted by atomic mass is 19.1. The molecule has 6 heteroatoms. The highest BCUT2D eigenvalue weighted by Crippen LogP contribution is 2.36. The highest BCUT2D eigenvalue weighted by molar-refractivity contribution is 5.37. The van der Waals surface area contributed by atoms with Gasteiger partial charge >= 0.3 is 0 Å². The Hall–Kier alpha value is -2.76. The quantitative estimate of drug-likeness (QED) is 0.789. The summed E-state index contributed by atoms with van der Waals surface area (Å²) in [6, 6.07) is 16.8. The van der Waals surface area contributed by atoms with Crippen LogP contribution in [0, 0.1) is 5.82 Å². The van der Waals surface area contributed by atoms with Crippen LogP contribution in [-0.4, -0.2) is 20.2 Å². The number of tetrazole rings is 1. The molecule has 2 atom stereocenters. The van der Waals surface area contributed by atoms with Crippen molar-refractivity contribution >= 4 is 5.95 Å². The molecule has 110 valence electrons. The number of nitrogens with one attached hydrogen (secondary N) is 1. The fourth-order valence-electron chi connectivity index (χ4n) is 2.90. The van der Waals surface area contributed by atoms with Crippen LogP contribution in [0.1, 0.15) is 29.6 Å². The van der Waals surface area contributed by atoms with E-state index in [1.54, 1.807) is 16.8 Å². The van der Waals surface area contributed by atoms with E-state index in [-0.39, 0.29) is 17.9 Å². The average Bonchev–Trinajstić information content (AvgIpc) is 3.04. The molecule has 0 unspecified atom stereocenters. The maximum absolute atomic E-state index is 13.2. The lowest BCUT2D eigenvalue weighted by Gasteiger charge is -2.31. The number of nitrogens with zero attached hydrogens (tertiary/aromatic N) is 4. The largest absolute Gasteiger partial charge is 0.346 e. The van der Waals surface area contributed by atoms with Gasteiger partial charge in [0.1, 0.15) is 5.82 Å². The second-order valence-electron chi connectivity index (χ2n) is 5.36. The summed E-state index contributed by atoms with van der Waals surface area (Å²) in [6.45, 7) is 0. The second-order valence-corrected chi connectivity index (χ2v) is 5.36. The van der Waals surface area contributed by atoms with Crippen molar-refractivity contribution in [1.29, 1.82) is 0 Å². The molecule has 0 bridgehead atoms. The van der Waals surface area contributed by atoms with Gasteiger partial charge in [0.25, 0.3) is 0 Å². The SMILES string of the molecule is Fc1ccc([C@H]2C[C@@H](c3ccccc3)Nc3nnnn32)cc1. The molecular weight excluding hydrogens is 281 g/mol.